The molecule has 0 spiro atoms. The number of likely N-dealkylation sites (N-methyl/N-ethyl adjacent to an activating group) is 1. The Morgan fingerprint density at radius 3 is 2.54 bits per heavy atom. The van der Waals surface area contributed by atoms with Gasteiger partial charge in [-0.25, -0.2) is 0 Å². The Balaban J connectivity index is 1.66. The van der Waals surface area contributed by atoms with Crippen molar-refractivity contribution < 1.29 is 14.5 Å². The summed E-state index contributed by atoms with van der Waals surface area (Å²) >= 11 is 0. The molecule has 2 aromatic carbocycles. The summed E-state index contributed by atoms with van der Waals surface area (Å²) in [7, 11) is 2.97. The number of benzene rings is 2. The van der Waals surface area contributed by atoms with E-state index in [0.717, 1.165) is 17.7 Å². The fourth-order valence-corrected chi connectivity index (χ4v) is 3.30. The van der Waals surface area contributed by atoms with Crippen LogP contribution in [0.2, 0.25) is 0 Å². The summed E-state index contributed by atoms with van der Waals surface area (Å²) in [6.45, 7) is 2.25. The first-order chi connectivity index (χ1) is 13.7. The van der Waals surface area contributed by atoms with Gasteiger partial charge in [-0.05, 0) is 24.8 Å². The highest BCUT2D eigenvalue weighted by Gasteiger charge is 2.40. The van der Waals surface area contributed by atoms with Gasteiger partial charge in [0.25, 0.3) is 5.91 Å². The van der Waals surface area contributed by atoms with E-state index >= 15 is 0 Å². The minimum atomic E-state index is -0.322. The van der Waals surface area contributed by atoms with E-state index in [9.17, 15) is 4.79 Å². The van der Waals surface area contributed by atoms with E-state index in [2.05, 4.69) is 39.9 Å². The number of rotatable bonds is 8. The van der Waals surface area contributed by atoms with Gasteiger partial charge in [0.05, 0.1) is 5.71 Å². The predicted octanol–water partition coefficient (Wildman–Crippen LogP) is 3.48. The lowest BCUT2D eigenvalue weighted by molar-refractivity contribution is -0.114. The second-order valence-electron chi connectivity index (χ2n) is 6.72. The van der Waals surface area contributed by atoms with Crippen LogP contribution in [-0.2, 0) is 21.1 Å². The molecule has 2 atom stereocenters. The maximum atomic E-state index is 12.1. The Bertz CT molecular complexity index is 878. The zero-order valence-electron chi connectivity index (χ0n) is 16.4. The lowest BCUT2D eigenvalue weighted by atomic mass is 10.0. The lowest BCUT2D eigenvalue weighted by Crippen LogP contribution is -2.29. The molecule has 1 saturated carbocycles. The van der Waals surface area contributed by atoms with Crippen molar-refractivity contribution in [2.75, 3.05) is 14.2 Å². The molecule has 2 aromatic rings. The van der Waals surface area contributed by atoms with Gasteiger partial charge in [-0.15, -0.1) is 0 Å². The summed E-state index contributed by atoms with van der Waals surface area (Å²) in [4.78, 5) is 22.6. The number of hydrogen-bond acceptors (Lipinski definition) is 5. The maximum Gasteiger partial charge on any atom is 0.273 e. The molecule has 1 N–H and O–H groups in total. The molecule has 0 bridgehead atoms. The third kappa shape index (κ3) is 4.57. The topological polar surface area (TPSA) is 72.3 Å². The number of nitrogens with one attached hydrogen (secondary N) is 1. The SMILES string of the molecule is CNC(=O)/C(=N\OC)c1ccccc1CON=C(C)[C@@H]1C[C@H]1c1ccccc1. The normalized spacial score (nSPS) is 19.1. The molecule has 0 radical (unpaired) electrons. The van der Waals surface area contributed by atoms with Crippen molar-refractivity contribution in [2.24, 2.45) is 16.2 Å². The minimum Gasteiger partial charge on any atom is -0.398 e. The van der Waals surface area contributed by atoms with Crippen LogP contribution in [0.1, 0.15) is 36.0 Å². The van der Waals surface area contributed by atoms with Gasteiger partial charge >= 0.3 is 0 Å². The number of carbonyl (C=O) groups excluding carboxylic acids is 1. The number of oxime groups is 2. The van der Waals surface area contributed by atoms with E-state index in [-0.39, 0.29) is 18.2 Å². The summed E-state index contributed by atoms with van der Waals surface area (Å²) in [6.07, 6.45) is 1.10. The monoisotopic (exact) mass is 379 g/mol. The Morgan fingerprint density at radius 1 is 1.11 bits per heavy atom. The van der Waals surface area contributed by atoms with Crippen LogP contribution >= 0.6 is 0 Å². The second-order valence-corrected chi connectivity index (χ2v) is 6.72. The van der Waals surface area contributed by atoms with Gasteiger partial charge in [0, 0.05) is 24.1 Å². The summed E-state index contributed by atoms with van der Waals surface area (Å²) in [5.41, 5.74) is 4.01. The van der Waals surface area contributed by atoms with Crippen molar-refractivity contribution in [1.29, 1.82) is 0 Å². The van der Waals surface area contributed by atoms with E-state index in [1.807, 2.05) is 37.3 Å². The molecule has 1 aliphatic carbocycles. The van der Waals surface area contributed by atoms with Gasteiger partial charge in [-0.3, -0.25) is 4.79 Å². The minimum absolute atomic E-state index is 0.205. The van der Waals surface area contributed by atoms with E-state index in [4.69, 9.17) is 9.68 Å². The van der Waals surface area contributed by atoms with Crippen molar-refractivity contribution in [3.63, 3.8) is 0 Å². The average molecular weight is 379 g/mol. The molecule has 6 heteroatoms. The smallest absolute Gasteiger partial charge is 0.273 e. The van der Waals surface area contributed by atoms with Crippen molar-refractivity contribution in [1.82, 2.24) is 5.32 Å². The van der Waals surface area contributed by atoms with Gasteiger partial charge in [0.15, 0.2) is 5.71 Å². The molecule has 6 nitrogen and oxygen atoms in total. The predicted molar refractivity (Wildman–Crippen MR) is 109 cm³/mol. The van der Waals surface area contributed by atoms with E-state index in [1.165, 1.54) is 12.7 Å². The molecule has 0 aromatic heterocycles. The zero-order valence-corrected chi connectivity index (χ0v) is 16.4. The third-order valence-corrected chi connectivity index (χ3v) is 4.88. The Morgan fingerprint density at radius 2 is 1.82 bits per heavy atom. The maximum absolute atomic E-state index is 12.1. The van der Waals surface area contributed by atoms with Gasteiger partial charge in [-0.2, -0.15) is 0 Å². The van der Waals surface area contributed by atoms with Gasteiger partial charge < -0.3 is 15.0 Å². The van der Waals surface area contributed by atoms with Crippen LogP contribution in [0.3, 0.4) is 0 Å². The van der Waals surface area contributed by atoms with Gasteiger partial charge in [0.1, 0.15) is 13.7 Å². The molecule has 1 aliphatic rings. The van der Waals surface area contributed by atoms with Gasteiger partial charge in [0.2, 0.25) is 0 Å². The number of nitrogens with zero attached hydrogens (tertiary/aromatic N) is 2. The number of carbonyl (C=O) groups is 1. The highest BCUT2D eigenvalue weighted by atomic mass is 16.6. The Hall–Kier alpha value is -3.15. The molecule has 0 unspecified atom stereocenters. The zero-order chi connectivity index (χ0) is 19.9. The third-order valence-electron chi connectivity index (χ3n) is 4.88. The molecule has 1 amide bonds. The highest BCUT2D eigenvalue weighted by molar-refractivity contribution is 6.45. The molecule has 0 saturated heterocycles. The number of hydrogen-bond donors (Lipinski definition) is 1. The first-order valence-electron chi connectivity index (χ1n) is 9.28. The average Bonchev–Trinajstić information content (AvgIpc) is 3.54. The number of amides is 1. The van der Waals surface area contributed by atoms with Gasteiger partial charge in [-0.1, -0.05) is 64.9 Å². The van der Waals surface area contributed by atoms with Crippen LogP contribution < -0.4 is 5.32 Å². The van der Waals surface area contributed by atoms with Crippen molar-refractivity contribution in [2.45, 2.75) is 25.9 Å². The second kappa shape index (κ2) is 9.17. The van der Waals surface area contributed by atoms with Crippen molar-refractivity contribution >= 4 is 17.3 Å². The summed E-state index contributed by atoms with van der Waals surface area (Å²) in [5.74, 6) is 0.626. The van der Waals surface area contributed by atoms with Crippen LogP contribution in [0.25, 0.3) is 0 Å². The quantitative estimate of drug-likeness (QED) is 0.564. The van der Waals surface area contributed by atoms with Crippen LogP contribution in [-0.4, -0.2) is 31.5 Å². The van der Waals surface area contributed by atoms with E-state index in [0.29, 0.717) is 17.4 Å². The summed E-state index contributed by atoms with van der Waals surface area (Å²) in [5, 5.41) is 10.8. The Labute approximate surface area is 165 Å². The molecule has 146 valence electrons. The Kier molecular flexibility index (Phi) is 6.42. The molecule has 1 fully saturated rings. The van der Waals surface area contributed by atoms with E-state index < -0.39 is 0 Å². The first-order valence-corrected chi connectivity index (χ1v) is 9.28. The highest BCUT2D eigenvalue weighted by Crippen LogP contribution is 2.48. The largest absolute Gasteiger partial charge is 0.398 e. The molecule has 28 heavy (non-hydrogen) atoms. The van der Waals surface area contributed by atoms with Crippen molar-refractivity contribution in [3.05, 3.63) is 71.3 Å². The fourth-order valence-electron chi connectivity index (χ4n) is 3.30. The summed E-state index contributed by atoms with van der Waals surface area (Å²) < 4.78 is 0. The lowest BCUT2D eigenvalue weighted by Gasteiger charge is -2.10. The van der Waals surface area contributed by atoms with Crippen LogP contribution in [0.5, 0.6) is 0 Å². The summed E-state index contributed by atoms with van der Waals surface area (Å²) in [6, 6.07) is 17.9. The van der Waals surface area contributed by atoms with Crippen LogP contribution in [0.4, 0.5) is 0 Å². The first kappa shape index (κ1) is 19.6. The molecule has 0 heterocycles. The standard InChI is InChI=1S/C22H25N3O3/c1-15(19-13-20(19)16-9-5-4-6-10-16)24-28-14-17-11-7-8-12-18(17)21(25-27-3)22(26)23-2/h4-12,19-20H,13-14H2,1-3H3,(H,23,26)/b24-15?,25-21-/t19-,20-/m0/s1. The molecule has 0 aliphatic heterocycles. The van der Waals surface area contributed by atoms with Crippen molar-refractivity contribution in [3.8, 4) is 0 Å². The molecular weight excluding hydrogens is 354 g/mol. The molecular formula is C22H25N3O3. The van der Waals surface area contributed by atoms with E-state index in [1.54, 1.807) is 7.05 Å². The van der Waals surface area contributed by atoms with Crippen LogP contribution in [0, 0.1) is 5.92 Å². The van der Waals surface area contributed by atoms with Crippen LogP contribution in [0.15, 0.2) is 64.9 Å². The molecule has 3 rings (SSSR count). The fraction of sp³-hybridized carbons (Fsp3) is 0.318.